The molecule has 1 aromatic carbocycles. The molecule has 1 saturated heterocycles. The van der Waals surface area contributed by atoms with Crippen LogP contribution in [0.3, 0.4) is 0 Å². The lowest BCUT2D eigenvalue weighted by molar-refractivity contribution is 0.103. The molecule has 20 heavy (non-hydrogen) atoms. The van der Waals surface area contributed by atoms with Gasteiger partial charge in [-0.05, 0) is 24.8 Å². The number of rotatable bonds is 4. The standard InChI is InChI=1S/C16H22N2O2/c19-16(20-12-13-5-2-1-3-6-13)18-10-9-15(11-18)17-14-7-4-8-14/h1-3,5-6,14-15,17H,4,7-12H2/t15-/m1/s1. The minimum atomic E-state index is -0.188. The minimum absolute atomic E-state index is 0.188. The monoisotopic (exact) mass is 274 g/mol. The molecule has 0 unspecified atom stereocenters. The Hall–Kier alpha value is -1.55. The van der Waals surface area contributed by atoms with Gasteiger partial charge in [0, 0.05) is 25.2 Å². The maximum atomic E-state index is 12.0. The number of amides is 1. The van der Waals surface area contributed by atoms with Gasteiger partial charge >= 0.3 is 6.09 Å². The molecule has 1 aromatic rings. The maximum absolute atomic E-state index is 12.0. The molecule has 0 radical (unpaired) electrons. The Morgan fingerprint density at radius 1 is 1.20 bits per heavy atom. The fraction of sp³-hybridized carbons (Fsp3) is 0.562. The molecule has 0 aromatic heterocycles. The highest BCUT2D eigenvalue weighted by Gasteiger charge is 2.30. The van der Waals surface area contributed by atoms with Gasteiger partial charge in [-0.3, -0.25) is 0 Å². The molecule has 2 aliphatic rings. The molecule has 1 atom stereocenters. The molecule has 1 saturated carbocycles. The van der Waals surface area contributed by atoms with Crippen LogP contribution in [-0.4, -0.2) is 36.2 Å². The van der Waals surface area contributed by atoms with Gasteiger partial charge in [-0.15, -0.1) is 0 Å². The van der Waals surface area contributed by atoms with Crippen molar-refractivity contribution in [2.24, 2.45) is 0 Å². The Morgan fingerprint density at radius 2 is 2.00 bits per heavy atom. The summed E-state index contributed by atoms with van der Waals surface area (Å²) in [5.41, 5.74) is 1.03. The topological polar surface area (TPSA) is 41.6 Å². The minimum Gasteiger partial charge on any atom is -0.445 e. The van der Waals surface area contributed by atoms with Crippen molar-refractivity contribution in [3.05, 3.63) is 35.9 Å². The Balaban J connectivity index is 1.41. The average molecular weight is 274 g/mol. The molecule has 1 N–H and O–H groups in total. The van der Waals surface area contributed by atoms with Crippen molar-refractivity contribution < 1.29 is 9.53 Å². The molecule has 1 aliphatic carbocycles. The second-order valence-electron chi connectivity index (χ2n) is 5.77. The van der Waals surface area contributed by atoms with Gasteiger partial charge in [-0.25, -0.2) is 4.79 Å². The van der Waals surface area contributed by atoms with Crippen LogP contribution in [0.15, 0.2) is 30.3 Å². The van der Waals surface area contributed by atoms with Gasteiger partial charge in [0.2, 0.25) is 0 Å². The molecular formula is C16H22N2O2. The van der Waals surface area contributed by atoms with Crippen molar-refractivity contribution in [1.82, 2.24) is 10.2 Å². The van der Waals surface area contributed by atoms with Gasteiger partial charge in [-0.2, -0.15) is 0 Å². The zero-order chi connectivity index (χ0) is 13.8. The van der Waals surface area contributed by atoms with Gasteiger partial charge in [0.15, 0.2) is 0 Å². The zero-order valence-corrected chi connectivity index (χ0v) is 11.8. The van der Waals surface area contributed by atoms with Crippen LogP contribution < -0.4 is 5.32 Å². The Bertz CT molecular complexity index is 445. The van der Waals surface area contributed by atoms with E-state index in [4.69, 9.17) is 4.74 Å². The summed E-state index contributed by atoms with van der Waals surface area (Å²) in [5, 5.41) is 3.62. The van der Waals surface area contributed by atoms with E-state index in [1.807, 2.05) is 35.2 Å². The number of nitrogens with zero attached hydrogens (tertiary/aromatic N) is 1. The molecule has 0 bridgehead atoms. The fourth-order valence-electron chi connectivity index (χ4n) is 2.78. The smallest absolute Gasteiger partial charge is 0.410 e. The second-order valence-corrected chi connectivity index (χ2v) is 5.77. The summed E-state index contributed by atoms with van der Waals surface area (Å²) >= 11 is 0. The van der Waals surface area contributed by atoms with E-state index in [0.717, 1.165) is 25.1 Å². The number of benzene rings is 1. The lowest BCUT2D eigenvalue weighted by atomic mass is 9.92. The lowest BCUT2D eigenvalue weighted by Gasteiger charge is -2.29. The molecule has 2 fully saturated rings. The van der Waals surface area contributed by atoms with E-state index < -0.39 is 0 Å². The van der Waals surface area contributed by atoms with Crippen molar-refractivity contribution in [3.63, 3.8) is 0 Å². The van der Waals surface area contributed by atoms with E-state index in [-0.39, 0.29) is 6.09 Å². The quantitative estimate of drug-likeness (QED) is 0.917. The molecular weight excluding hydrogens is 252 g/mol. The van der Waals surface area contributed by atoms with Gasteiger partial charge in [-0.1, -0.05) is 36.8 Å². The van der Waals surface area contributed by atoms with Crippen molar-refractivity contribution >= 4 is 6.09 Å². The first-order chi connectivity index (χ1) is 9.81. The van der Waals surface area contributed by atoms with Crippen molar-refractivity contribution in [2.45, 2.75) is 44.4 Å². The largest absolute Gasteiger partial charge is 0.445 e. The number of likely N-dealkylation sites (tertiary alicyclic amines) is 1. The zero-order valence-electron chi connectivity index (χ0n) is 11.8. The van der Waals surface area contributed by atoms with Crippen LogP contribution in [0.2, 0.25) is 0 Å². The van der Waals surface area contributed by atoms with Gasteiger partial charge < -0.3 is 15.0 Å². The van der Waals surface area contributed by atoms with Gasteiger partial charge in [0.05, 0.1) is 0 Å². The SMILES string of the molecule is O=C(OCc1ccccc1)N1CC[C@@H](NC2CCC2)C1. The van der Waals surface area contributed by atoms with Crippen LogP contribution in [0.25, 0.3) is 0 Å². The Kier molecular flexibility index (Phi) is 4.21. The Labute approximate surface area is 120 Å². The van der Waals surface area contributed by atoms with Crippen LogP contribution in [0, 0.1) is 0 Å². The molecule has 1 heterocycles. The molecule has 1 aliphatic heterocycles. The highest BCUT2D eigenvalue weighted by atomic mass is 16.6. The summed E-state index contributed by atoms with van der Waals surface area (Å²) in [5.74, 6) is 0. The molecule has 4 nitrogen and oxygen atoms in total. The Morgan fingerprint density at radius 3 is 2.70 bits per heavy atom. The summed E-state index contributed by atoms with van der Waals surface area (Å²) in [7, 11) is 0. The van der Waals surface area contributed by atoms with E-state index in [1.54, 1.807) is 0 Å². The predicted octanol–water partition coefficient (Wildman–Crippen LogP) is 2.54. The first-order valence-electron chi connectivity index (χ1n) is 7.53. The van der Waals surface area contributed by atoms with Crippen LogP contribution in [-0.2, 0) is 11.3 Å². The third-order valence-corrected chi connectivity index (χ3v) is 4.23. The molecule has 1 amide bonds. The highest BCUT2D eigenvalue weighted by Crippen LogP contribution is 2.21. The number of nitrogens with one attached hydrogen (secondary N) is 1. The van der Waals surface area contributed by atoms with Crippen LogP contribution in [0.5, 0.6) is 0 Å². The van der Waals surface area contributed by atoms with Gasteiger partial charge in [0.25, 0.3) is 0 Å². The fourth-order valence-corrected chi connectivity index (χ4v) is 2.78. The van der Waals surface area contributed by atoms with E-state index >= 15 is 0 Å². The lowest BCUT2D eigenvalue weighted by Crippen LogP contribution is -2.44. The highest BCUT2D eigenvalue weighted by molar-refractivity contribution is 5.68. The molecule has 3 rings (SSSR count). The third-order valence-electron chi connectivity index (χ3n) is 4.23. The first kappa shape index (κ1) is 13.4. The summed E-state index contributed by atoms with van der Waals surface area (Å²) in [4.78, 5) is 13.8. The number of hydrogen-bond donors (Lipinski definition) is 1. The number of hydrogen-bond acceptors (Lipinski definition) is 3. The number of carbonyl (C=O) groups excluding carboxylic acids is 1. The predicted molar refractivity (Wildman–Crippen MR) is 77.4 cm³/mol. The summed E-state index contributed by atoms with van der Waals surface area (Å²) in [6.07, 6.45) is 4.76. The maximum Gasteiger partial charge on any atom is 0.410 e. The van der Waals surface area contributed by atoms with E-state index in [2.05, 4.69) is 5.32 Å². The second kappa shape index (κ2) is 6.27. The van der Waals surface area contributed by atoms with Crippen molar-refractivity contribution in [1.29, 1.82) is 0 Å². The van der Waals surface area contributed by atoms with E-state index in [0.29, 0.717) is 18.7 Å². The van der Waals surface area contributed by atoms with Crippen LogP contribution in [0.4, 0.5) is 4.79 Å². The van der Waals surface area contributed by atoms with Gasteiger partial charge in [0.1, 0.15) is 6.61 Å². The molecule has 4 heteroatoms. The summed E-state index contributed by atoms with van der Waals surface area (Å²) < 4.78 is 5.36. The molecule has 108 valence electrons. The van der Waals surface area contributed by atoms with Crippen LogP contribution in [0.1, 0.15) is 31.2 Å². The first-order valence-corrected chi connectivity index (χ1v) is 7.53. The van der Waals surface area contributed by atoms with Crippen LogP contribution >= 0.6 is 0 Å². The average Bonchev–Trinajstić information content (AvgIpc) is 2.90. The van der Waals surface area contributed by atoms with E-state index in [1.165, 1.54) is 19.3 Å². The summed E-state index contributed by atoms with van der Waals surface area (Å²) in [6, 6.07) is 10.9. The summed E-state index contributed by atoms with van der Waals surface area (Å²) in [6.45, 7) is 1.94. The van der Waals surface area contributed by atoms with Crippen molar-refractivity contribution in [2.75, 3.05) is 13.1 Å². The number of carbonyl (C=O) groups is 1. The number of ether oxygens (including phenoxy) is 1. The van der Waals surface area contributed by atoms with E-state index in [9.17, 15) is 4.79 Å². The normalized spacial score (nSPS) is 22.6. The van der Waals surface area contributed by atoms with Crippen molar-refractivity contribution in [3.8, 4) is 0 Å². The third kappa shape index (κ3) is 3.31. The molecule has 0 spiro atoms.